The van der Waals surface area contributed by atoms with E-state index in [4.69, 9.17) is 28.7 Å². The van der Waals surface area contributed by atoms with E-state index in [-0.39, 0.29) is 0 Å². The highest BCUT2D eigenvalue weighted by Crippen LogP contribution is 2.36. The lowest BCUT2D eigenvalue weighted by Crippen LogP contribution is -2.26. The van der Waals surface area contributed by atoms with E-state index in [1.807, 2.05) is 0 Å². The molecule has 0 amide bonds. The van der Waals surface area contributed by atoms with Gasteiger partial charge in [-0.15, -0.1) is 6.58 Å². The van der Waals surface area contributed by atoms with Gasteiger partial charge in [0.15, 0.2) is 0 Å². The van der Waals surface area contributed by atoms with Gasteiger partial charge in [-0.3, -0.25) is 0 Å². The molecule has 1 unspecified atom stereocenters. The third kappa shape index (κ3) is 2.80. The van der Waals surface area contributed by atoms with Crippen molar-refractivity contribution in [3.63, 3.8) is 0 Å². The molecule has 2 aromatic rings. The molecule has 20 heavy (non-hydrogen) atoms. The summed E-state index contributed by atoms with van der Waals surface area (Å²) in [6.45, 7) is 4.13. The molecule has 0 radical (unpaired) electrons. The van der Waals surface area contributed by atoms with Crippen molar-refractivity contribution in [2.45, 2.75) is 12.1 Å². The summed E-state index contributed by atoms with van der Waals surface area (Å²) in [6, 6.07) is 5.04. The standard InChI is InChI=1S/C13H11Cl2N5/c1-2-13(18-19-16,8-20-6-5-17-9-20)11-4-3-10(14)7-12(11)15/h2-7,9H,1,8H2. The fraction of sp³-hybridized carbons (Fsp3) is 0.154. The Bertz CT molecular complexity index is 661. The number of imidazole rings is 1. The number of aromatic nitrogens is 2. The van der Waals surface area contributed by atoms with Gasteiger partial charge in [0.2, 0.25) is 0 Å². The predicted molar refractivity (Wildman–Crippen MR) is 79.7 cm³/mol. The molecule has 0 aliphatic heterocycles. The van der Waals surface area contributed by atoms with Crippen molar-refractivity contribution in [2.75, 3.05) is 0 Å². The van der Waals surface area contributed by atoms with Crippen LogP contribution >= 0.6 is 23.2 Å². The second kappa shape index (κ2) is 6.01. The van der Waals surface area contributed by atoms with Crippen LogP contribution in [-0.4, -0.2) is 9.55 Å². The summed E-state index contributed by atoms with van der Waals surface area (Å²) in [5.41, 5.74) is 8.53. The Morgan fingerprint density at radius 3 is 2.85 bits per heavy atom. The third-order valence-corrected chi connectivity index (χ3v) is 3.49. The number of halogens is 2. The molecule has 5 nitrogen and oxygen atoms in total. The van der Waals surface area contributed by atoms with Crippen LogP contribution in [0.5, 0.6) is 0 Å². The maximum atomic E-state index is 8.88. The van der Waals surface area contributed by atoms with Crippen LogP contribution in [0.2, 0.25) is 10.0 Å². The number of nitrogens with zero attached hydrogens (tertiary/aromatic N) is 5. The summed E-state index contributed by atoms with van der Waals surface area (Å²) in [5.74, 6) is 0. The first-order chi connectivity index (χ1) is 9.61. The highest BCUT2D eigenvalue weighted by Gasteiger charge is 2.30. The average molecular weight is 308 g/mol. The molecule has 0 bridgehead atoms. The van der Waals surface area contributed by atoms with Gasteiger partial charge in [-0.1, -0.05) is 40.5 Å². The van der Waals surface area contributed by atoms with Gasteiger partial charge in [-0.25, -0.2) is 4.98 Å². The van der Waals surface area contributed by atoms with Gasteiger partial charge < -0.3 is 4.57 Å². The predicted octanol–water partition coefficient (Wildman–Crippen LogP) is 4.58. The van der Waals surface area contributed by atoms with Crippen LogP contribution in [0, 0.1) is 0 Å². The second-order valence-electron chi connectivity index (χ2n) is 4.18. The van der Waals surface area contributed by atoms with Crippen molar-refractivity contribution in [3.8, 4) is 0 Å². The zero-order valence-electron chi connectivity index (χ0n) is 10.4. The van der Waals surface area contributed by atoms with Crippen LogP contribution in [0.25, 0.3) is 10.4 Å². The topological polar surface area (TPSA) is 66.6 Å². The van der Waals surface area contributed by atoms with Crippen molar-refractivity contribution < 1.29 is 0 Å². The summed E-state index contributed by atoms with van der Waals surface area (Å²) in [5, 5.41) is 4.83. The van der Waals surface area contributed by atoms with Crippen molar-refractivity contribution >= 4 is 23.2 Å². The summed E-state index contributed by atoms with van der Waals surface area (Å²) in [7, 11) is 0. The second-order valence-corrected chi connectivity index (χ2v) is 5.02. The zero-order chi connectivity index (χ0) is 14.6. The lowest BCUT2D eigenvalue weighted by molar-refractivity contribution is 0.460. The minimum atomic E-state index is -1.00. The average Bonchev–Trinajstić information content (AvgIpc) is 2.91. The van der Waals surface area contributed by atoms with E-state index >= 15 is 0 Å². The van der Waals surface area contributed by atoms with E-state index < -0.39 is 5.54 Å². The molecule has 0 saturated heterocycles. The molecule has 0 spiro atoms. The van der Waals surface area contributed by atoms with Gasteiger partial charge in [0.1, 0.15) is 5.54 Å². The molecule has 1 atom stereocenters. The lowest BCUT2D eigenvalue weighted by atomic mass is 9.90. The molecule has 1 heterocycles. The zero-order valence-corrected chi connectivity index (χ0v) is 12.0. The first kappa shape index (κ1) is 14.5. The van der Waals surface area contributed by atoms with Crippen LogP contribution in [-0.2, 0) is 12.1 Å². The van der Waals surface area contributed by atoms with Gasteiger partial charge in [-0.05, 0) is 23.2 Å². The molecule has 7 heteroatoms. The Morgan fingerprint density at radius 1 is 1.50 bits per heavy atom. The van der Waals surface area contributed by atoms with E-state index in [1.54, 1.807) is 47.6 Å². The first-order valence-electron chi connectivity index (χ1n) is 5.72. The molecule has 0 aliphatic rings. The van der Waals surface area contributed by atoms with Gasteiger partial charge in [0.25, 0.3) is 0 Å². The number of hydrogen-bond acceptors (Lipinski definition) is 2. The van der Waals surface area contributed by atoms with Gasteiger partial charge >= 0.3 is 0 Å². The fourth-order valence-corrected chi connectivity index (χ4v) is 2.54. The third-order valence-electron chi connectivity index (χ3n) is 2.94. The molecule has 0 fully saturated rings. The van der Waals surface area contributed by atoms with E-state index in [0.29, 0.717) is 22.2 Å². The van der Waals surface area contributed by atoms with Crippen LogP contribution in [0.15, 0.2) is 54.7 Å². The van der Waals surface area contributed by atoms with E-state index in [2.05, 4.69) is 21.6 Å². The maximum Gasteiger partial charge on any atom is 0.111 e. The smallest absolute Gasteiger partial charge is 0.111 e. The number of azide groups is 1. The fourth-order valence-electron chi connectivity index (χ4n) is 1.96. The number of benzene rings is 1. The van der Waals surface area contributed by atoms with Gasteiger partial charge in [-0.2, -0.15) is 0 Å². The minimum absolute atomic E-state index is 0.349. The molecule has 2 rings (SSSR count). The van der Waals surface area contributed by atoms with Crippen molar-refractivity contribution in [3.05, 3.63) is 75.6 Å². The number of rotatable bonds is 5. The summed E-state index contributed by atoms with van der Waals surface area (Å²) in [4.78, 5) is 6.90. The monoisotopic (exact) mass is 307 g/mol. The number of hydrogen-bond donors (Lipinski definition) is 0. The first-order valence-corrected chi connectivity index (χ1v) is 6.48. The summed E-state index contributed by atoms with van der Waals surface area (Å²) < 4.78 is 1.79. The Hall–Kier alpha value is -1.94. The SMILES string of the molecule is C=CC(Cn1ccnc1)(N=[N+]=[N-])c1ccc(Cl)cc1Cl. The maximum absolute atomic E-state index is 8.88. The van der Waals surface area contributed by atoms with Crippen LogP contribution in [0.3, 0.4) is 0 Å². The normalized spacial score (nSPS) is 13.3. The largest absolute Gasteiger partial charge is 0.336 e. The Balaban J connectivity index is 2.56. The summed E-state index contributed by atoms with van der Waals surface area (Å²) in [6.07, 6.45) is 6.62. The highest BCUT2D eigenvalue weighted by atomic mass is 35.5. The van der Waals surface area contributed by atoms with Gasteiger partial charge in [0, 0.05) is 33.9 Å². The molecular formula is C13H11Cl2N5. The molecule has 1 aromatic carbocycles. The molecule has 102 valence electrons. The lowest BCUT2D eigenvalue weighted by Gasteiger charge is -2.27. The molecule has 0 N–H and O–H groups in total. The minimum Gasteiger partial charge on any atom is -0.336 e. The van der Waals surface area contributed by atoms with Gasteiger partial charge in [0.05, 0.1) is 6.33 Å². The van der Waals surface area contributed by atoms with Crippen molar-refractivity contribution in [1.29, 1.82) is 0 Å². The molecule has 0 saturated carbocycles. The van der Waals surface area contributed by atoms with Crippen LogP contribution < -0.4 is 0 Å². The molecule has 0 aliphatic carbocycles. The quantitative estimate of drug-likeness (QED) is 0.345. The van der Waals surface area contributed by atoms with Crippen LogP contribution in [0.1, 0.15) is 5.56 Å². The van der Waals surface area contributed by atoms with Crippen molar-refractivity contribution in [1.82, 2.24) is 9.55 Å². The van der Waals surface area contributed by atoms with Crippen LogP contribution in [0.4, 0.5) is 0 Å². The van der Waals surface area contributed by atoms with E-state index in [1.165, 1.54) is 0 Å². The Morgan fingerprint density at radius 2 is 2.30 bits per heavy atom. The Kier molecular flexibility index (Phi) is 4.35. The molecule has 1 aromatic heterocycles. The Labute approximate surface area is 126 Å². The highest BCUT2D eigenvalue weighted by molar-refractivity contribution is 6.35. The van der Waals surface area contributed by atoms with Crippen molar-refractivity contribution in [2.24, 2.45) is 5.11 Å². The molecular weight excluding hydrogens is 297 g/mol. The summed E-state index contributed by atoms with van der Waals surface area (Å²) >= 11 is 12.1. The van der Waals surface area contributed by atoms with E-state index in [9.17, 15) is 0 Å². The van der Waals surface area contributed by atoms with E-state index in [0.717, 1.165) is 0 Å².